The molecule has 2 aromatic rings. The van der Waals surface area contributed by atoms with E-state index in [0.717, 1.165) is 18.5 Å². The Labute approximate surface area is 93.3 Å². The van der Waals surface area contributed by atoms with Gasteiger partial charge >= 0.3 is 0 Å². The molecule has 0 radical (unpaired) electrons. The van der Waals surface area contributed by atoms with Crippen molar-refractivity contribution in [3.8, 4) is 0 Å². The molecule has 2 rings (SSSR count). The fourth-order valence-electron chi connectivity index (χ4n) is 1.50. The molecule has 0 N–H and O–H groups in total. The van der Waals surface area contributed by atoms with Gasteiger partial charge < -0.3 is 4.52 Å². The molecular weight excluding hydrogens is 208 g/mol. The average molecular weight is 222 g/mol. The van der Waals surface area contributed by atoms with E-state index < -0.39 is 0 Å². The van der Waals surface area contributed by atoms with Crippen molar-refractivity contribution in [1.29, 1.82) is 0 Å². The molecule has 0 amide bonds. The van der Waals surface area contributed by atoms with E-state index >= 15 is 0 Å². The Balaban J connectivity index is 2.02. The molecule has 0 aliphatic carbocycles. The second-order valence-electron chi connectivity index (χ2n) is 3.67. The minimum Gasteiger partial charge on any atom is -0.365 e. The minimum atomic E-state index is 0.397. The van der Waals surface area contributed by atoms with E-state index in [4.69, 9.17) is 4.52 Å². The quantitative estimate of drug-likeness (QED) is 0.798. The molecular formula is C11H14N2OS. The van der Waals surface area contributed by atoms with Crippen LogP contribution in [0.25, 0.3) is 0 Å². The second kappa shape index (κ2) is 4.57. The molecule has 0 aliphatic rings. The molecule has 0 aromatic carbocycles. The Morgan fingerprint density at radius 3 is 3.00 bits per heavy atom. The average Bonchev–Trinajstić information content (AvgIpc) is 2.87. The van der Waals surface area contributed by atoms with E-state index in [2.05, 4.69) is 29.4 Å². The SMILES string of the molecule is CCc1cc(CC(C)c2ccon2)sn1. The van der Waals surface area contributed by atoms with Crippen molar-refractivity contribution >= 4 is 11.5 Å². The third-order valence-corrected chi connectivity index (χ3v) is 3.28. The summed E-state index contributed by atoms with van der Waals surface area (Å²) in [5.41, 5.74) is 2.20. The molecule has 1 unspecified atom stereocenters. The Morgan fingerprint density at radius 2 is 2.40 bits per heavy atom. The van der Waals surface area contributed by atoms with Gasteiger partial charge in [0.1, 0.15) is 6.26 Å². The van der Waals surface area contributed by atoms with Gasteiger partial charge in [0.2, 0.25) is 0 Å². The van der Waals surface area contributed by atoms with Crippen LogP contribution in [0.15, 0.2) is 22.9 Å². The summed E-state index contributed by atoms with van der Waals surface area (Å²) >= 11 is 1.59. The molecule has 0 spiro atoms. The summed E-state index contributed by atoms with van der Waals surface area (Å²) in [7, 11) is 0. The molecule has 0 saturated heterocycles. The number of hydrogen-bond acceptors (Lipinski definition) is 4. The van der Waals surface area contributed by atoms with E-state index in [1.54, 1.807) is 17.8 Å². The molecule has 3 nitrogen and oxygen atoms in total. The monoisotopic (exact) mass is 222 g/mol. The van der Waals surface area contributed by atoms with Crippen LogP contribution in [0.5, 0.6) is 0 Å². The lowest BCUT2D eigenvalue weighted by atomic mass is 10.0. The Morgan fingerprint density at radius 1 is 1.53 bits per heavy atom. The Kier molecular flexibility index (Phi) is 3.16. The summed E-state index contributed by atoms with van der Waals surface area (Å²) in [5, 5.41) is 3.95. The molecule has 4 heteroatoms. The number of aryl methyl sites for hydroxylation is 1. The maximum atomic E-state index is 4.84. The molecule has 2 heterocycles. The normalized spacial score (nSPS) is 12.9. The molecule has 1 atom stereocenters. The molecule has 2 aromatic heterocycles. The van der Waals surface area contributed by atoms with Crippen molar-refractivity contribution in [2.45, 2.75) is 32.6 Å². The fourth-order valence-corrected chi connectivity index (χ4v) is 2.43. The van der Waals surface area contributed by atoms with Crippen molar-refractivity contribution in [2.24, 2.45) is 0 Å². The Bertz CT molecular complexity index is 408. The van der Waals surface area contributed by atoms with Crippen LogP contribution in [0.1, 0.15) is 36.0 Å². The fraction of sp³-hybridized carbons (Fsp3) is 0.455. The first-order valence-electron chi connectivity index (χ1n) is 5.14. The maximum Gasteiger partial charge on any atom is 0.124 e. The molecule has 0 saturated carbocycles. The first-order valence-corrected chi connectivity index (χ1v) is 5.91. The van der Waals surface area contributed by atoms with Gasteiger partial charge in [-0.1, -0.05) is 19.0 Å². The Hall–Kier alpha value is -1.16. The highest BCUT2D eigenvalue weighted by Crippen LogP contribution is 2.21. The van der Waals surface area contributed by atoms with Crippen molar-refractivity contribution in [3.63, 3.8) is 0 Å². The standard InChI is InChI=1S/C11H14N2OS/c1-3-9-7-10(15-13-9)6-8(2)11-4-5-14-12-11/h4-5,7-8H,3,6H2,1-2H3. The highest BCUT2D eigenvalue weighted by Gasteiger charge is 2.11. The summed E-state index contributed by atoms with van der Waals surface area (Å²) in [6, 6.07) is 4.10. The molecule has 0 aliphatic heterocycles. The predicted octanol–water partition coefficient (Wildman–Crippen LogP) is 3.04. The molecule has 0 fully saturated rings. The van der Waals surface area contributed by atoms with E-state index in [1.165, 1.54) is 10.6 Å². The summed E-state index contributed by atoms with van der Waals surface area (Å²) in [6.07, 6.45) is 3.62. The highest BCUT2D eigenvalue weighted by molar-refractivity contribution is 7.05. The van der Waals surface area contributed by atoms with E-state index in [9.17, 15) is 0 Å². The lowest BCUT2D eigenvalue weighted by molar-refractivity contribution is 0.406. The van der Waals surface area contributed by atoms with Crippen molar-refractivity contribution in [3.05, 3.63) is 34.7 Å². The first kappa shape index (κ1) is 10.4. The van der Waals surface area contributed by atoms with Crippen molar-refractivity contribution in [1.82, 2.24) is 9.53 Å². The van der Waals surface area contributed by atoms with Gasteiger partial charge in [-0.15, -0.1) is 0 Å². The van der Waals surface area contributed by atoms with Crippen LogP contribution >= 0.6 is 11.5 Å². The van der Waals surface area contributed by atoms with Crippen LogP contribution in [-0.4, -0.2) is 9.53 Å². The molecule has 0 bridgehead atoms. The maximum absolute atomic E-state index is 4.84. The topological polar surface area (TPSA) is 38.9 Å². The van der Waals surface area contributed by atoms with Crippen LogP contribution in [0, 0.1) is 0 Å². The largest absolute Gasteiger partial charge is 0.365 e. The van der Waals surface area contributed by atoms with Gasteiger partial charge in [-0.3, -0.25) is 0 Å². The first-order chi connectivity index (χ1) is 7.29. The van der Waals surface area contributed by atoms with Crippen LogP contribution in [0.4, 0.5) is 0 Å². The van der Waals surface area contributed by atoms with Crippen LogP contribution in [0.3, 0.4) is 0 Å². The van der Waals surface area contributed by atoms with E-state index in [0.29, 0.717) is 5.92 Å². The van der Waals surface area contributed by atoms with Gasteiger partial charge in [-0.2, -0.15) is 4.37 Å². The van der Waals surface area contributed by atoms with Crippen molar-refractivity contribution < 1.29 is 4.52 Å². The summed E-state index contributed by atoms with van der Waals surface area (Å²) in [5.74, 6) is 0.397. The third kappa shape index (κ3) is 2.45. The van der Waals surface area contributed by atoms with E-state index in [-0.39, 0.29) is 0 Å². The van der Waals surface area contributed by atoms with Gasteiger partial charge in [-0.25, -0.2) is 0 Å². The highest BCUT2D eigenvalue weighted by atomic mass is 32.1. The van der Waals surface area contributed by atoms with Crippen LogP contribution < -0.4 is 0 Å². The van der Waals surface area contributed by atoms with Gasteiger partial charge in [0.25, 0.3) is 0 Å². The van der Waals surface area contributed by atoms with Crippen LogP contribution in [-0.2, 0) is 12.8 Å². The van der Waals surface area contributed by atoms with Gasteiger partial charge in [0.15, 0.2) is 0 Å². The molecule has 80 valence electrons. The lowest BCUT2D eigenvalue weighted by Gasteiger charge is -2.03. The third-order valence-electron chi connectivity index (χ3n) is 2.44. The minimum absolute atomic E-state index is 0.397. The van der Waals surface area contributed by atoms with Gasteiger partial charge in [-0.05, 0) is 30.4 Å². The summed E-state index contributed by atoms with van der Waals surface area (Å²) in [6.45, 7) is 4.28. The number of hydrogen-bond donors (Lipinski definition) is 0. The number of rotatable bonds is 4. The van der Waals surface area contributed by atoms with Crippen LogP contribution in [0.2, 0.25) is 0 Å². The zero-order valence-corrected chi connectivity index (χ0v) is 9.75. The zero-order chi connectivity index (χ0) is 10.7. The van der Waals surface area contributed by atoms with E-state index in [1.807, 2.05) is 6.07 Å². The number of aromatic nitrogens is 2. The predicted molar refractivity (Wildman–Crippen MR) is 60.1 cm³/mol. The van der Waals surface area contributed by atoms with Crippen molar-refractivity contribution in [2.75, 3.05) is 0 Å². The summed E-state index contributed by atoms with van der Waals surface area (Å²) in [4.78, 5) is 1.32. The zero-order valence-electron chi connectivity index (χ0n) is 8.93. The smallest absolute Gasteiger partial charge is 0.124 e. The second-order valence-corrected chi connectivity index (χ2v) is 4.56. The lowest BCUT2D eigenvalue weighted by Crippen LogP contribution is -1.96. The number of nitrogens with zero attached hydrogens (tertiary/aromatic N) is 2. The van der Waals surface area contributed by atoms with Gasteiger partial charge in [0, 0.05) is 16.9 Å². The molecule has 15 heavy (non-hydrogen) atoms. The van der Waals surface area contributed by atoms with Gasteiger partial charge in [0.05, 0.1) is 11.4 Å². The summed E-state index contributed by atoms with van der Waals surface area (Å²) < 4.78 is 9.20.